The van der Waals surface area contributed by atoms with Crippen LogP contribution in [-0.4, -0.2) is 0 Å². The molecule has 1 nitrogen and oxygen atoms in total. The Hall–Kier alpha value is -1.20. The molecule has 0 aliphatic carbocycles. The predicted molar refractivity (Wildman–Crippen MR) is 71.6 cm³/mol. The molecule has 4 heteroatoms. The summed E-state index contributed by atoms with van der Waals surface area (Å²) in [5, 5.41) is 10.2. The van der Waals surface area contributed by atoms with Crippen LogP contribution in [0.25, 0.3) is 11.1 Å². The van der Waals surface area contributed by atoms with Crippen molar-refractivity contribution in [2.45, 2.75) is 0 Å². The molecule has 0 fully saturated rings. The monoisotopic (exact) mass is 281 g/mol. The summed E-state index contributed by atoms with van der Waals surface area (Å²) >= 11 is 17.9. The van der Waals surface area contributed by atoms with E-state index in [9.17, 15) is 0 Å². The lowest BCUT2D eigenvalue weighted by Gasteiger charge is -2.06. The van der Waals surface area contributed by atoms with Gasteiger partial charge in [0.05, 0.1) is 21.7 Å². The van der Waals surface area contributed by atoms with Gasteiger partial charge in [0.15, 0.2) is 0 Å². The van der Waals surface area contributed by atoms with E-state index in [1.54, 1.807) is 30.3 Å². The van der Waals surface area contributed by atoms with E-state index in [2.05, 4.69) is 0 Å². The Morgan fingerprint density at radius 1 is 0.824 bits per heavy atom. The minimum absolute atomic E-state index is 0.476. The summed E-state index contributed by atoms with van der Waals surface area (Å²) in [4.78, 5) is 0. The topological polar surface area (TPSA) is 23.8 Å². The van der Waals surface area contributed by atoms with E-state index in [0.717, 1.165) is 11.1 Å². The van der Waals surface area contributed by atoms with E-state index in [4.69, 9.17) is 40.1 Å². The number of halogens is 3. The maximum atomic E-state index is 8.76. The van der Waals surface area contributed by atoms with Gasteiger partial charge in [-0.15, -0.1) is 0 Å². The Morgan fingerprint density at radius 3 is 2.18 bits per heavy atom. The zero-order valence-electron chi connectivity index (χ0n) is 8.55. The fourth-order valence-corrected chi connectivity index (χ4v) is 2.07. The predicted octanol–water partition coefficient (Wildman–Crippen LogP) is 5.19. The van der Waals surface area contributed by atoms with Crippen LogP contribution in [0.2, 0.25) is 15.1 Å². The van der Waals surface area contributed by atoms with Gasteiger partial charge in [0.2, 0.25) is 0 Å². The smallest absolute Gasteiger partial charge is 0.0992 e. The average Bonchev–Trinajstić information content (AvgIpc) is 2.32. The molecule has 0 aliphatic rings. The summed E-state index contributed by atoms with van der Waals surface area (Å²) in [5.74, 6) is 0. The van der Waals surface area contributed by atoms with Crippen molar-refractivity contribution in [2.24, 2.45) is 0 Å². The Morgan fingerprint density at radius 2 is 1.59 bits per heavy atom. The van der Waals surface area contributed by atoms with Crippen LogP contribution < -0.4 is 0 Å². The summed E-state index contributed by atoms with van der Waals surface area (Å²) in [7, 11) is 0. The molecule has 84 valence electrons. The van der Waals surface area contributed by atoms with Gasteiger partial charge in [-0.05, 0) is 29.8 Å². The lowest BCUT2D eigenvalue weighted by atomic mass is 10.0. The summed E-state index contributed by atoms with van der Waals surface area (Å²) in [6.07, 6.45) is 0. The van der Waals surface area contributed by atoms with E-state index < -0.39 is 0 Å². The summed E-state index contributed by atoms with van der Waals surface area (Å²) in [6, 6.07) is 12.5. The van der Waals surface area contributed by atoms with Crippen molar-refractivity contribution in [3.63, 3.8) is 0 Å². The highest BCUT2D eigenvalue weighted by atomic mass is 35.5. The largest absolute Gasteiger partial charge is 0.192 e. The van der Waals surface area contributed by atoms with Gasteiger partial charge >= 0.3 is 0 Å². The normalized spacial score (nSPS) is 10.0. The van der Waals surface area contributed by atoms with Crippen molar-refractivity contribution in [2.75, 3.05) is 0 Å². The Labute approximate surface area is 114 Å². The lowest BCUT2D eigenvalue weighted by Crippen LogP contribution is -1.82. The van der Waals surface area contributed by atoms with Crippen molar-refractivity contribution in [1.82, 2.24) is 0 Å². The highest BCUT2D eigenvalue weighted by Crippen LogP contribution is 2.32. The molecule has 0 aromatic heterocycles. The second-order valence-electron chi connectivity index (χ2n) is 3.44. The third-order valence-electron chi connectivity index (χ3n) is 2.33. The molecule has 0 saturated heterocycles. The van der Waals surface area contributed by atoms with Gasteiger partial charge in [-0.25, -0.2) is 0 Å². The van der Waals surface area contributed by atoms with Gasteiger partial charge in [-0.1, -0.05) is 46.9 Å². The average molecular weight is 283 g/mol. The minimum Gasteiger partial charge on any atom is -0.192 e. The van der Waals surface area contributed by atoms with Crippen molar-refractivity contribution >= 4 is 34.8 Å². The van der Waals surface area contributed by atoms with Crippen LogP contribution in [0, 0.1) is 11.3 Å². The van der Waals surface area contributed by atoms with Crippen molar-refractivity contribution in [1.29, 1.82) is 5.26 Å². The first-order chi connectivity index (χ1) is 8.11. The van der Waals surface area contributed by atoms with Crippen LogP contribution in [0.4, 0.5) is 0 Å². The molecule has 0 amide bonds. The Bertz CT molecular complexity index is 615. The molecule has 0 saturated carbocycles. The first-order valence-electron chi connectivity index (χ1n) is 4.77. The van der Waals surface area contributed by atoms with E-state index in [0.29, 0.717) is 20.6 Å². The standard InChI is InChI=1S/C13H6Cl3N/c14-11-4-2-9(6-13(11)16)10-3-1-8(7-17)5-12(10)15/h1-6H. The molecule has 0 radical (unpaired) electrons. The van der Waals surface area contributed by atoms with Crippen LogP contribution in [-0.2, 0) is 0 Å². The van der Waals surface area contributed by atoms with Crippen molar-refractivity contribution in [3.8, 4) is 17.2 Å². The van der Waals surface area contributed by atoms with Crippen LogP contribution >= 0.6 is 34.8 Å². The quantitative estimate of drug-likeness (QED) is 0.706. The summed E-state index contributed by atoms with van der Waals surface area (Å²) in [5.41, 5.74) is 2.22. The Kier molecular flexibility index (Phi) is 3.59. The molecule has 0 N–H and O–H groups in total. The maximum absolute atomic E-state index is 8.76. The molecule has 0 spiro atoms. The third kappa shape index (κ3) is 2.56. The Balaban J connectivity index is 2.54. The molecule has 0 aliphatic heterocycles. The van der Waals surface area contributed by atoms with Crippen LogP contribution in [0.5, 0.6) is 0 Å². The molecule has 0 heterocycles. The maximum Gasteiger partial charge on any atom is 0.0992 e. The van der Waals surface area contributed by atoms with Gasteiger partial charge in [-0.2, -0.15) is 5.26 Å². The van der Waals surface area contributed by atoms with Crippen molar-refractivity contribution in [3.05, 3.63) is 57.0 Å². The fourth-order valence-electron chi connectivity index (χ4n) is 1.48. The SMILES string of the molecule is N#Cc1ccc(-c2ccc(Cl)c(Cl)c2)c(Cl)c1. The van der Waals surface area contributed by atoms with Crippen LogP contribution in [0.15, 0.2) is 36.4 Å². The third-order valence-corrected chi connectivity index (χ3v) is 3.38. The minimum atomic E-state index is 0.476. The molecular formula is C13H6Cl3N. The first-order valence-corrected chi connectivity index (χ1v) is 5.90. The first kappa shape index (κ1) is 12.3. The van der Waals surface area contributed by atoms with Gasteiger partial charge in [0.1, 0.15) is 0 Å². The number of benzene rings is 2. The number of hydrogen-bond donors (Lipinski definition) is 0. The molecular weight excluding hydrogens is 277 g/mol. The van der Waals surface area contributed by atoms with Crippen LogP contribution in [0.3, 0.4) is 0 Å². The zero-order chi connectivity index (χ0) is 12.4. The van der Waals surface area contributed by atoms with Gasteiger partial charge in [-0.3, -0.25) is 0 Å². The molecule has 0 unspecified atom stereocenters. The van der Waals surface area contributed by atoms with E-state index in [-0.39, 0.29) is 0 Å². The van der Waals surface area contributed by atoms with E-state index >= 15 is 0 Å². The molecule has 0 atom stereocenters. The van der Waals surface area contributed by atoms with Gasteiger partial charge < -0.3 is 0 Å². The van der Waals surface area contributed by atoms with Gasteiger partial charge in [0.25, 0.3) is 0 Å². The summed E-state index contributed by atoms with van der Waals surface area (Å²) in [6.45, 7) is 0. The molecule has 2 aromatic rings. The van der Waals surface area contributed by atoms with E-state index in [1.165, 1.54) is 0 Å². The van der Waals surface area contributed by atoms with Crippen molar-refractivity contribution < 1.29 is 0 Å². The molecule has 2 aromatic carbocycles. The molecule has 2 rings (SSSR count). The highest BCUT2D eigenvalue weighted by molar-refractivity contribution is 6.42. The number of nitrogens with zero attached hydrogens (tertiary/aromatic N) is 1. The molecule has 0 bridgehead atoms. The van der Waals surface area contributed by atoms with Crippen LogP contribution in [0.1, 0.15) is 5.56 Å². The van der Waals surface area contributed by atoms with Gasteiger partial charge in [0, 0.05) is 10.6 Å². The fraction of sp³-hybridized carbons (Fsp3) is 0. The highest BCUT2D eigenvalue weighted by Gasteiger charge is 2.06. The second kappa shape index (κ2) is 4.98. The summed E-state index contributed by atoms with van der Waals surface area (Å²) < 4.78 is 0. The number of rotatable bonds is 1. The second-order valence-corrected chi connectivity index (χ2v) is 4.66. The molecule has 17 heavy (non-hydrogen) atoms. The number of nitriles is 1. The number of hydrogen-bond acceptors (Lipinski definition) is 1. The van der Waals surface area contributed by atoms with E-state index in [1.807, 2.05) is 12.1 Å². The zero-order valence-corrected chi connectivity index (χ0v) is 10.8. The lowest BCUT2D eigenvalue weighted by molar-refractivity contribution is 1.48.